The van der Waals surface area contributed by atoms with E-state index >= 15 is 0 Å². The number of halogens is 1. The number of nitrogens with zero attached hydrogens (tertiary/aromatic N) is 1. The molecule has 1 aromatic rings. The Balaban J connectivity index is 1.95. The summed E-state index contributed by atoms with van der Waals surface area (Å²) >= 11 is 6.12. The van der Waals surface area contributed by atoms with Crippen LogP contribution in [-0.4, -0.2) is 18.1 Å². The number of hydrogen-bond donors (Lipinski definition) is 1. The summed E-state index contributed by atoms with van der Waals surface area (Å²) in [6, 6.07) is 2.43. The third kappa shape index (κ3) is 5.02. The summed E-state index contributed by atoms with van der Waals surface area (Å²) in [5.74, 6) is 1.45. The summed E-state index contributed by atoms with van der Waals surface area (Å²) in [5, 5.41) is 4.03. The first-order valence-corrected chi connectivity index (χ1v) is 9.45. The number of aromatic nitrogens is 1. The quantitative estimate of drug-likeness (QED) is 0.642. The lowest BCUT2D eigenvalue weighted by molar-refractivity contribution is 0.0968. The van der Waals surface area contributed by atoms with E-state index in [2.05, 4.69) is 44.9 Å². The van der Waals surface area contributed by atoms with Crippen molar-refractivity contribution < 1.29 is 4.74 Å². The lowest BCUT2D eigenvalue weighted by Crippen LogP contribution is -2.35. The van der Waals surface area contributed by atoms with Crippen LogP contribution in [0.15, 0.2) is 12.3 Å². The van der Waals surface area contributed by atoms with E-state index in [0.29, 0.717) is 27.8 Å². The number of hydrogen-bond acceptors (Lipinski definition) is 3. The maximum Gasteiger partial charge on any atom is 0.179 e. The van der Waals surface area contributed by atoms with Gasteiger partial charge in [-0.05, 0) is 54.9 Å². The predicted octanol–water partition coefficient (Wildman–Crippen LogP) is 6.18. The molecule has 0 radical (unpaired) electrons. The first-order chi connectivity index (χ1) is 11.1. The van der Waals surface area contributed by atoms with Crippen molar-refractivity contribution in [1.82, 2.24) is 4.98 Å². The van der Waals surface area contributed by atoms with Gasteiger partial charge < -0.3 is 10.1 Å². The van der Waals surface area contributed by atoms with Gasteiger partial charge in [0.2, 0.25) is 0 Å². The number of anilines is 1. The molecule has 1 N–H and O–H groups in total. The maximum absolute atomic E-state index is 6.12. The van der Waals surface area contributed by atoms with E-state index in [1.807, 2.05) is 6.07 Å². The van der Waals surface area contributed by atoms with Crippen molar-refractivity contribution in [3.8, 4) is 5.75 Å². The largest absolute Gasteiger partial charge is 0.491 e. The second-order valence-electron chi connectivity index (χ2n) is 9.10. The lowest BCUT2D eigenvalue weighted by atomic mass is 9.64. The van der Waals surface area contributed by atoms with Crippen molar-refractivity contribution in [2.24, 2.45) is 16.7 Å². The van der Waals surface area contributed by atoms with E-state index in [-0.39, 0.29) is 0 Å². The van der Waals surface area contributed by atoms with Crippen LogP contribution in [0, 0.1) is 16.7 Å². The average Bonchev–Trinajstić information content (AvgIpc) is 2.45. The summed E-state index contributed by atoms with van der Waals surface area (Å²) in [6.07, 6.45) is 7.95. The standard InChI is InChI=1S/C20H33ClN2O/c1-19(2,3)13-20(4,5)14-7-9-15(10-8-14)23-16-11-12-22-18(21)17(16)24-6/h11-12,14-15H,7-10,13H2,1-6H3,(H,22,23)/t14-,15+. The maximum atomic E-state index is 6.12. The second kappa shape index (κ2) is 7.51. The Morgan fingerprint density at radius 2 is 1.79 bits per heavy atom. The molecule has 24 heavy (non-hydrogen) atoms. The highest BCUT2D eigenvalue weighted by atomic mass is 35.5. The number of nitrogens with one attached hydrogen (secondary N) is 1. The van der Waals surface area contributed by atoms with E-state index in [9.17, 15) is 0 Å². The van der Waals surface area contributed by atoms with Crippen LogP contribution in [0.5, 0.6) is 5.75 Å². The van der Waals surface area contributed by atoms with Gasteiger partial charge in [-0.3, -0.25) is 0 Å². The fraction of sp³-hybridized carbons (Fsp3) is 0.750. The fourth-order valence-corrected chi connectivity index (χ4v) is 4.72. The van der Waals surface area contributed by atoms with Gasteiger partial charge in [-0.25, -0.2) is 4.98 Å². The molecule has 4 heteroatoms. The van der Waals surface area contributed by atoms with Gasteiger partial charge >= 0.3 is 0 Å². The molecule has 3 nitrogen and oxygen atoms in total. The monoisotopic (exact) mass is 352 g/mol. The minimum absolute atomic E-state index is 0.389. The Hall–Kier alpha value is -0.960. The smallest absolute Gasteiger partial charge is 0.179 e. The number of rotatable bonds is 5. The third-order valence-corrected chi connectivity index (χ3v) is 5.51. The van der Waals surface area contributed by atoms with Crippen LogP contribution in [0.2, 0.25) is 5.15 Å². The number of methoxy groups -OCH3 is 1. The fourth-order valence-electron chi connectivity index (χ4n) is 4.48. The molecule has 2 rings (SSSR count). The molecule has 0 amide bonds. The number of pyridine rings is 1. The molecule has 0 atom stereocenters. The molecular weight excluding hydrogens is 320 g/mol. The summed E-state index contributed by atoms with van der Waals surface area (Å²) < 4.78 is 5.39. The molecule has 1 aromatic heterocycles. The molecule has 0 spiro atoms. The van der Waals surface area contributed by atoms with E-state index in [1.54, 1.807) is 13.3 Å². The second-order valence-corrected chi connectivity index (χ2v) is 9.46. The summed E-state index contributed by atoms with van der Waals surface area (Å²) in [5.41, 5.74) is 1.75. The topological polar surface area (TPSA) is 34.1 Å². The van der Waals surface area contributed by atoms with Gasteiger partial charge in [-0.15, -0.1) is 0 Å². The lowest BCUT2D eigenvalue weighted by Gasteiger charge is -2.43. The molecule has 0 saturated heterocycles. The summed E-state index contributed by atoms with van der Waals surface area (Å²) in [6.45, 7) is 11.9. The van der Waals surface area contributed by atoms with Crippen LogP contribution in [0.3, 0.4) is 0 Å². The highest BCUT2D eigenvalue weighted by Gasteiger charge is 2.36. The van der Waals surface area contributed by atoms with Gasteiger partial charge in [0.25, 0.3) is 0 Å². The SMILES string of the molecule is COc1c(N[C@H]2CC[C@@H](C(C)(C)CC(C)(C)C)CC2)ccnc1Cl. The van der Waals surface area contributed by atoms with Crippen LogP contribution in [0.25, 0.3) is 0 Å². The molecule has 1 fully saturated rings. The zero-order valence-corrected chi connectivity index (χ0v) is 16.8. The van der Waals surface area contributed by atoms with Crippen molar-refractivity contribution >= 4 is 17.3 Å². The molecular formula is C20H33ClN2O. The van der Waals surface area contributed by atoms with Gasteiger partial charge in [0.15, 0.2) is 10.9 Å². The summed E-state index contributed by atoms with van der Waals surface area (Å²) in [7, 11) is 1.64. The Labute approximate surface area is 152 Å². The minimum Gasteiger partial charge on any atom is -0.491 e. The molecule has 136 valence electrons. The van der Waals surface area contributed by atoms with Crippen molar-refractivity contribution in [3.05, 3.63) is 17.4 Å². The molecule has 0 bridgehead atoms. The van der Waals surface area contributed by atoms with Crippen molar-refractivity contribution in [1.29, 1.82) is 0 Å². The van der Waals surface area contributed by atoms with Gasteiger partial charge in [0.1, 0.15) is 0 Å². The molecule has 1 aliphatic rings. The zero-order chi connectivity index (χ0) is 18.0. The van der Waals surface area contributed by atoms with Crippen LogP contribution in [0.1, 0.15) is 66.7 Å². The van der Waals surface area contributed by atoms with Crippen molar-refractivity contribution in [2.45, 2.75) is 72.8 Å². The van der Waals surface area contributed by atoms with Crippen LogP contribution < -0.4 is 10.1 Å². The summed E-state index contributed by atoms with van der Waals surface area (Å²) in [4.78, 5) is 4.08. The van der Waals surface area contributed by atoms with Crippen LogP contribution in [-0.2, 0) is 0 Å². The van der Waals surface area contributed by atoms with E-state index in [1.165, 1.54) is 32.1 Å². The van der Waals surface area contributed by atoms with Crippen molar-refractivity contribution in [3.63, 3.8) is 0 Å². The molecule has 0 aromatic carbocycles. The van der Waals surface area contributed by atoms with Gasteiger partial charge in [0, 0.05) is 12.2 Å². The van der Waals surface area contributed by atoms with Gasteiger partial charge in [-0.2, -0.15) is 0 Å². The highest BCUT2D eigenvalue weighted by molar-refractivity contribution is 6.31. The van der Waals surface area contributed by atoms with Crippen LogP contribution in [0.4, 0.5) is 5.69 Å². The van der Waals surface area contributed by atoms with Gasteiger partial charge in [-0.1, -0.05) is 46.2 Å². The number of ether oxygens (including phenoxy) is 1. The van der Waals surface area contributed by atoms with Crippen LogP contribution >= 0.6 is 11.6 Å². The average molecular weight is 353 g/mol. The zero-order valence-electron chi connectivity index (χ0n) is 16.1. The Kier molecular flexibility index (Phi) is 6.06. The molecule has 0 unspecified atom stereocenters. The highest BCUT2D eigenvalue weighted by Crippen LogP contribution is 2.45. The molecule has 0 aliphatic heterocycles. The van der Waals surface area contributed by atoms with E-state index < -0.39 is 0 Å². The third-order valence-electron chi connectivity index (χ3n) is 5.24. The first-order valence-electron chi connectivity index (χ1n) is 9.07. The van der Waals surface area contributed by atoms with Crippen molar-refractivity contribution in [2.75, 3.05) is 12.4 Å². The minimum atomic E-state index is 0.389. The van der Waals surface area contributed by atoms with E-state index in [0.717, 1.165) is 11.6 Å². The molecule has 1 aliphatic carbocycles. The normalized spacial score (nSPS) is 22.3. The predicted molar refractivity (Wildman–Crippen MR) is 103 cm³/mol. The molecule has 1 saturated carbocycles. The Morgan fingerprint density at radius 1 is 1.17 bits per heavy atom. The van der Waals surface area contributed by atoms with E-state index in [4.69, 9.17) is 16.3 Å². The van der Waals surface area contributed by atoms with Gasteiger partial charge in [0.05, 0.1) is 12.8 Å². The Bertz CT molecular complexity index is 543. The Morgan fingerprint density at radius 3 is 2.33 bits per heavy atom. The first kappa shape index (κ1) is 19.4. The molecule has 1 heterocycles.